The molecule has 0 radical (unpaired) electrons. The van der Waals surface area contributed by atoms with Gasteiger partial charge in [0, 0.05) is 12.1 Å². The van der Waals surface area contributed by atoms with Gasteiger partial charge in [-0.2, -0.15) is 0 Å². The van der Waals surface area contributed by atoms with Crippen molar-refractivity contribution in [3.05, 3.63) is 107 Å². The number of phenolic OH excluding ortho intramolecular Hbond substituents is 1. The van der Waals surface area contributed by atoms with Crippen molar-refractivity contribution in [2.75, 3.05) is 11.5 Å². The number of hydrogen-bond donors (Lipinski definition) is 2. The van der Waals surface area contributed by atoms with Crippen LogP contribution >= 0.6 is 0 Å². The fourth-order valence-electron chi connectivity index (χ4n) is 4.20. The zero-order chi connectivity index (χ0) is 24.9. The number of hydrogen-bond acceptors (Lipinski definition) is 6. The van der Waals surface area contributed by atoms with Gasteiger partial charge in [-0.25, -0.2) is 4.79 Å². The molecule has 0 saturated carbocycles. The van der Waals surface area contributed by atoms with E-state index in [-0.39, 0.29) is 35.7 Å². The Morgan fingerprint density at radius 1 is 0.943 bits per heavy atom. The summed E-state index contributed by atoms with van der Waals surface area (Å²) in [6, 6.07) is 20.9. The van der Waals surface area contributed by atoms with Crippen molar-refractivity contribution in [1.29, 1.82) is 0 Å². The zero-order valence-corrected chi connectivity index (χ0v) is 19.2. The first-order chi connectivity index (χ1) is 16.9. The van der Waals surface area contributed by atoms with Crippen LogP contribution in [0.2, 0.25) is 0 Å². The maximum Gasteiger partial charge on any atom is 0.338 e. The summed E-state index contributed by atoms with van der Waals surface area (Å²) >= 11 is 0. The molecule has 1 atom stereocenters. The topological polar surface area (TPSA) is 104 Å². The van der Waals surface area contributed by atoms with Gasteiger partial charge in [-0.1, -0.05) is 48.5 Å². The Hall–Kier alpha value is -4.39. The lowest BCUT2D eigenvalue weighted by Crippen LogP contribution is -2.31. The summed E-state index contributed by atoms with van der Waals surface area (Å²) in [6.45, 7) is 1.89. The highest BCUT2D eigenvalue weighted by Gasteiger charge is 2.44. The van der Waals surface area contributed by atoms with E-state index in [9.17, 15) is 24.6 Å². The number of aromatic hydroxyl groups is 1. The number of benzene rings is 3. The minimum Gasteiger partial charge on any atom is -0.508 e. The molecule has 0 bridgehead atoms. The summed E-state index contributed by atoms with van der Waals surface area (Å²) in [6.07, 6.45) is 0.526. The highest BCUT2D eigenvalue weighted by Crippen LogP contribution is 2.42. The standard InChI is InChI=1S/C28H25NO6/c1-2-35-28(34)20-11-6-12-21(16-20)29-25(19-10-7-13-22(30)17-19)24(26(32)27(29)33)23(31)15-14-18-8-4-3-5-9-18/h3-13,16-17,25,30,32H,2,14-15H2,1H3. The number of nitrogens with zero attached hydrogens (tertiary/aromatic N) is 1. The van der Waals surface area contributed by atoms with Gasteiger partial charge < -0.3 is 14.9 Å². The third-order valence-corrected chi connectivity index (χ3v) is 5.81. The van der Waals surface area contributed by atoms with Crippen LogP contribution in [0.25, 0.3) is 0 Å². The summed E-state index contributed by atoms with van der Waals surface area (Å²) in [7, 11) is 0. The molecule has 1 aliphatic rings. The molecule has 35 heavy (non-hydrogen) atoms. The summed E-state index contributed by atoms with van der Waals surface area (Å²) < 4.78 is 5.06. The first-order valence-corrected chi connectivity index (χ1v) is 11.3. The number of carbonyl (C=O) groups is 3. The first kappa shape index (κ1) is 23.8. The molecule has 0 aliphatic carbocycles. The Bertz CT molecular complexity index is 1300. The van der Waals surface area contributed by atoms with Crippen molar-refractivity contribution in [3.63, 3.8) is 0 Å². The average molecular weight is 472 g/mol. The first-order valence-electron chi connectivity index (χ1n) is 11.3. The molecule has 0 fully saturated rings. The van der Waals surface area contributed by atoms with E-state index in [1.165, 1.54) is 23.1 Å². The lowest BCUT2D eigenvalue weighted by atomic mass is 9.93. The number of carbonyl (C=O) groups excluding carboxylic acids is 3. The van der Waals surface area contributed by atoms with E-state index in [2.05, 4.69) is 0 Å². The molecule has 4 rings (SSSR count). The molecule has 7 heteroatoms. The zero-order valence-electron chi connectivity index (χ0n) is 19.2. The number of ketones is 1. The maximum absolute atomic E-state index is 13.3. The van der Waals surface area contributed by atoms with Gasteiger partial charge in [0.05, 0.1) is 23.8 Å². The Morgan fingerprint density at radius 2 is 1.69 bits per heavy atom. The number of amides is 1. The van der Waals surface area contributed by atoms with Gasteiger partial charge in [0.15, 0.2) is 11.5 Å². The molecule has 7 nitrogen and oxygen atoms in total. The van der Waals surface area contributed by atoms with Gasteiger partial charge in [-0.05, 0) is 54.8 Å². The van der Waals surface area contributed by atoms with Crippen LogP contribution in [0.5, 0.6) is 5.75 Å². The van der Waals surface area contributed by atoms with Crippen LogP contribution in [0.1, 0.15) is 40.9 Å². The van der Waals surface area contributed by atoms with E-state index in [4.69, 9.17) is 4.74 Å². The van der Waals surface area contributed by atoms with Crippen LogP contribution in [0.4, 0.5) is 5.69 Å². The van der Waals surface area contributed by atoms with Gasteiger partial charge >= 0.3 is 5.97 Å². The monoisotopic (exact) mass is 471 g/mol. The quantitative estimate of drug-likeness (QED) is 0.463. The smallest absolute Gasteiger partial charge is 0.338 e. The number of ether oxygens (including phenoxy) is 1. The van der Waals surface area contributed by atoms with E-state index >= 15 is 0 Å². The number of aryl methyl sites for hydroxylation is 1. The number of aliphatic hydroxyl groups is 1. The third-order valence-electron chi connectivity index (χ3n) is 5.81. The lowest BCUT2D eigenvalue weighted by Gasteiger charge is -2.27. The molecule has 0 spiro atoms. The summed E-state index contributed by atoms with van der Waals surface area (Å²) in [5, 5.41) is 20.9. The summed E-state index contributed by atoms with van der Waals surface area (Å²) in [5.74, 6) is -2.37. The second kappa shape index (κ2) is 10.3. The van der Waals surface area contributed by atoms with E-state index in [0.717, 1.165) is 5.56 Å². The van der Waals surface area contributed by atoms with Crippen molar-refractivity contribution in [1.82, 2.24) is 0 Å². The van der Waals surface area contributed by atoms with Crippen molar-refractivity contribution >= 4 is 23.3 Å². The van der Waals surface area contributed by atoms with Crippen molar-refractivity contribution in [2.45, 2.75) is 25.8 Å². The predicted molar refractivity (Wildman–Crippen MR) is 130 cm³/mol. The Kier molecular flexibility index (Phi) is 6.96. The van der Waals surface area contributed by atoms with Crippen molar-refractivity contribution < 1.29 is 29.3 Å². The number of Topliss-reactive ketones (excluding diaryl/α,β-unsaturated/α-hetero) is 1. The molecular weight excluding hydrogens is 446 g/mol. The minimum absolute atomic E-state index is 0.0435. The molecule has 0 saturated heterocycles. The van der Waals surface area contributed by atoms with E-state index < -0.39 is 23.7 Å². The fraction of sp³-hybridized carbons (Fsp3) is 0.179. The van der Waals surface area contributed by atoms with Crippen molar-refractivity contribution in [2.24, 2.45) is 0 Å². The van der Waals surface area contributed by atoms with Gasteiger partial charge in [-0.3, -0.25) is 14.5 Å². The molecule has 2 N–H and O–H groups in total. The Labute approximate surface area is 202 Å². The third kappa shape index (κ3) is 4.94. The van der Waals surface area contributed by atoms with Crippen molar-refractivity contribution in [3.8, 4) is 5.75 Å². The fourth-order valence-corrected chi connectivity index (χ4v) is 4.20. The Balaban J connectivity index is 1.74. The van der Waals surface area contributed by atoms with Crippen LogP contribution in [0.3, 0.4) is 0 Å². The van der Waals surface area contributed by atoms with E-state index in [1.807, 2.05) is 30.3 Å². The van der Waals surface area contributed by atoms with Crippen LogP contribution < -0.4 is 4.90 Å². The number of esters is 1. The maximum atomic E-state index is 13.3. The molecule has 1 amide bonds. The Morgan fingerprint density at radius 3 is 2.40 bits per heavy atom. The van der Waals surface area contributed by atoms with E-state index in [0.29, 0.717) is 17.7 Å². The normalized spacial score (nSPS) is 15.4. The van der Waals surface area contributed by atoms with Gasteiger partial charge in [0.2, 0.25) is 0 Å². The highest BCUT2D eigenvalue weighted by molar-refractivity contribution is 6.16. The van der Waals surface area contributed by atoms with Crippen LogP contribution in [0, 0.1) is 0 Å². The minimum atomic E-state index is -0.977. The predicted octanol–water partition coefficient (Wildman–Crippen LogP) is 4.67. The van der Waals surface area contributed by atoms with Crippen LogP contribution in [-0.4, -0.2) is 34.5 Å². The van der Waals surface area contributed by atoms with Gasteiger partial charge in [-0.15, -0.1) is 0 Å². The largest absolute Gasteiger partial charge is 0.508 e. The van der Waals surface area contributed by atoms with Crippen LogP contribution in [0.15, 0.2) is 90.2 Å². The van der Waals surface area contributed by atoms with Gasteiger partial charge in [0.25, 0.3) is 5.91 Å². The second-order valence-corrected chi connectivity index (χ2v) is 8.11. The number of phenols is 1. The van der Waals surface area contributed by atoms with Gasteiger partial charge in [0.1, 0.15) is 5.75 Å². The molecule has 1 heterocycles. The SMILES string of the molecule is CCOC(=O)c1cccc(N2C(=O)C(O)=C(C(=O)CCc3ccccc3)C2c2cccc(O)c2)c1. The van der Waals surface area contributed by atoms with E-state index in [1.54, 1.807) is 37.3 Å². The second-order valence-electron chi connectivity index (χ2n) is 8.11. The molecule has 3 aromatic rings. The molecule has 1 unspecified atom stereocenters. The number of rotatable bonds is 8. The molecule has 3 aromatic carbocycles. The summed E-state index contributed by atoms with van der Waals surface area (Å²) in [4.78, 5) is 40.1. The molecule has 0 aromatic heterocycles. The van der Waals surface area contributed by atoms with Crippen LogP contribution in [-0.2, 0) is 20.7 Å². The average Bonchev–Trinajstić information content (AvgIpc) is 3.14. The highest BCUT2D eigenvalue weighted by atomic mass is 16.5. The molecule has 1 aliphatic heterocycles. The number of anilines is 1. The molecule has 178 valence electrons. The number of aliphatic hydroxyl groups excluding tert-OH is 1. The lowest BCUT2D eigenvalue weighted by molar-refractivity contribution is -0.118. The molecular formula is C28H25NO6. The summed E-state index contributed by atoms with van der Waals surface area (Å²) in [5.41, 5.74) is 1.91.